The molecule has 1 N–H and O–H groups in total. The fourth-order valence-electron chi connectivity index (χ4n) is 0.516. The fourth-order valence-corrected chi connectivity index (χ4v) is 1.27. The molecule has 1 rings (SSSR count). The Hall–Kier alpha value is -0.710. The van der Waals surface area contributed by atoms with Gasteiger partial charge in [-0.2, -0.15) is 0 Å². The van der Waals surface area contributed by atoms with E-state index < -0.39 is 11.3 Å². The number of hydrogen-bond acceptors (Lipinski definition) is 4. The number of hydrogen-bond donors (Lipinski definition) is 1. The minimum atomic E-state index is -1.23. The quantitative estimate of drug-likeness (QED) is 0.461. The molecule has 1 saturated heterocycles. The molecule has 5 heteroatoms. The van der Waals surface area contributed by atoms with Gasteiger partial charge < -0.3 is 15.2 Å². The highest BCUT2D eigenvalue weighted by Gasteiger charge is 2.21. The van der Waals surface area contributed by atoms with Crippen LogP contribution in [0.1, 0.15) is 0 Å². The summed E-state index contributed by atoms with van der Waals surface area (Å²) in [6.45, 7) is 0. The van der Waals surface area contributed by atoms with Crippen LogP contribution in [-0.4, -0.2) is 23.0 Å². The van der Waals surface area contributed by atoms with Gasteiger partial charge in [0.15, 0.2) is 0 Å². The van der Waals surface area contributed by atoms with Crippen molar-refractivity contribution >= 4 is 23.6 Å². The molecule has 0 spiro atoms. The first-order valence-electron chi connectivity index (χ1n) is 2.32. The summed E-state index contributed by atoms with van der Waals surface area (Å²) >= 11 is 1.04. The molecule has 50 valence electrons. The van der Waals surface area contributed by atoms with Crippen molar-refractivity contribution in [2.75, 3.05) is 5.75 Å². The molecule has 1 aliphatic rings. The smallest absolute Gasteiger partial charge is 0.231 e. The molecular weight excluding hydrogens is 142 g/mol. The number of rotatable bonds is 1. The first-order valence-corrected chi connectivity index (χ1v) is 3.37. The van der Waals surface area contributed by atoms with Crippen LogP contribution < -0.4 is 10.4 Å². The lowest BCUT2D eigenvalue weighted by Gasteiger charge is -2.07. The van der Waals surface area contributed by atoms with E-state index in [1.165, 1.54) is 0 Å². The Kier molecular flexibility index (Phi) is 1.61. The zero-order chi connectivity index (χ0) is 6.85. The van der Waals surface area contributed by atoms with Crippen molar-refractivity contribution in [3.8, 4) is 0 Å². The third-order valence-electron chi connectivity index (χ3n) is 0.887. The maximum Gasteiger partial charge on any atom is 0.231 e. The van der Waals surface area contributed by atoms with Gasteiger partial charge in [-0.25, -0.2) is 0 Å². The summed E-state index contributed by atoms with van der Waals surface area (Å²) < 4.78 is 0. The van der Waals surface area contributed by atoms with Crippen LogP contribution in [0.15, 0.2) is 0 Å². The number of aliphatic carboxylic acids is 1. The summed E-state index contributed by atoms with van der Waals surface area (Å²) in [5.41, 5.74) is 0. The third kappa shape index (κ3) is 1.35. The second kappa shape index (κ2) is 2.26. The molecule has 0 saturated carbocycles. The average Bonchev–Trinajstić information content (AvgIpc) is 2.14. The number of carbonyl (C=O) groups is 2. The lowest BCUT2D eigenvalue weighted by atomic mass is 10.6. The normalized spacial score (nSPS) is 25.8. The molecule has 0 bridgehead atoms. The fraction of sp³-hybridized carbons (Fsp3) is 0.500. The van der Waals surface area contributed by atoms with Gasteiger partial charge in [0.25, 0.3) is 0 Å². The first-order chi connectivity index (χ1) is 4.20. The van der Waals surface area contributed by atoms with E-state index in [-0.39, 0.29) is 11.7 Å². The van der Waals surface area contributed by atoms with Crippen molar-refractivity contribution in [3.05, 3.63) is 0 Å². The summed E-state index contributed by atoms with van der Waals surface area (Å²) in [6, 6.07) is 0. The maximum atomic E-state index is 10.3. The number of carboxylic acids is 1. The van der Waals surface area contributed by atoms with Crippen molar-refractivity contribution in [1.29, 1.82) is 0 Å². The highest BCUT2D eigenvalue weighted by molar-refractivity contribution is 8.01. The summed E-state index contributed by atoms with van der Waals surface area (Å²) in [4.78, 5) is 20.3. The molecule has 1 unspecified atom stereocenters. The van der Waals surface area contributed by atoms with E-state index in [1.54, 1.807) is 0 Å². The van der Waals surface area contributed by atoms with Crippen molar-refractivity contribution in [1.82, 2.24) is 5.32 Å². The van der Waals surface area contributed by atoms with E-state index >= 15 is 0 Å². The van der Waals surface area contributed by atoms with E-state index in [9.17, 15) is 14.7 Å². The van der Waals surface area contributed by atoms with Gasteiger partial charge in [0.2, 0.25) is 5.91 Å². The van der Waals surface area contributed by atoms with Crippen molar-refractivity contribution < 1.29 is 14.7 Å². The van der Waals surface area contributed by atoms with Gasteiger partial charge in [-0.1, -0.05) is 0 Å². The van der Waals surface area contributed by atoms with Crippen molar-refractivity contribution in [2.24, 2.45) is 0 Å². The Morgan fingerprint density at radius 1 is 1.89 bits per heavy atom. The van der Waals surface area contributed by atoms with Crippen LogP contribution in [0.2, 0.25) is 0 Å². The van der Waals surface area contributed by atoms with Crippen LogP contribution in [0.3, 0.4) is 0 Å². The van der Waals surface area contributed by atoms with Crippen LogP contribution in [0.4, 0.5) is 0 Å². The van der Waals surface area contributed by atoms with E-state index in [0.717, 1.165) is 11.8 Å². The molecule has 0 aromatic heterocycles. The number of carbonyl (C=O) groups excluding carboxylic acids is 2. The molecule has 4 nitrogen and oxygen atoms in total. The predicted octanol–water partition coefficient (Wildman–Crippen LogP) is -2.07. The van der Waals surface area contributed by atoms with Gasteiger partial charge in [0.05, 0.1) is 11.7 Å². The van der Waals surface area contributed by atoms with Gasteiger partial charge in [-0.3, -0.25) is 4.79 Å². The second-order valence-electron chi connectivity index (χ2n) is 1.58. The van der Waals surface area contributed by atoms with E-state index in [2.05, 4.69) is 5.32 Å². The standard InChI is InChI=1S/C4H5NO3S/c6-2-1-9-3(5-2)4(7)8/h3H,1H2,(H,5,6)(H,7,8)/p-1. The molecule has 0 aromatic rings. The summed E-state index contributed by atoms with van der Waals surface area (Å²) in [7, 11) is 0. The van der Waals surface area contributed by atoms with Crippen molar-refractivity contribution in [3.63, 3.8) is 0 Å². The van der Waals surface area contributed by atoms with E-state index in [1.807, 2.05) is 0 Å². The molecule has 0 radical (unpaired) electrons. The SMILES string of the molecule is O=C1CSC(C(=O)[O-])N1. The Labute approximate surface area is 55.6 Å². The largest absolute Gasteiger partial charge is 0.547 e. The zero-order valence-corrected chi connectivity index (χ0v) is 5.23. The molecule has 0 aromatic carbocycles. The lowest BCUT2D eigenvalue weighted by molar-refractivity contribution is -0.305. The molecule has 0 aliphatic carbocycles. The highest BCUT2D eigenvalue weighted by Crippen LogP contribution is 2.12. The van der Waals surface area contributed by atoms with Crippen LogP contribution in [0.25, 0.3) is 0 Å². The topological polar surface area (TPSA) is 69.2 Å². The minimum Gasteiger partial charge on any atom is -0.547 e. The van der Waals surface area contributed by atoms with Gasteiger partial charge in [0.1, 0.15) is 5.37 Å². The second-order valence-corrected chi connectivity index (χ2v) is 2.67. The highest BCUT2D eigenvalue weighted by atomic mass is 32.2. The molecule has 1 amide bonds. The van der Waals surface area contributed by atoms with Gasteiger partial charge >= 0.3 is 0 Å². The molecule has 1 aliphatic heterocycles. The van der Waals surface area contributed by atoms with E-state index in [4.69, 9.17) is 0 Å². The first kappa shape index (κ1) is 6.41. The Balaban J connectivity index is 2.48. The minimum absolute atomic E-state index is 0.221. The molecule has 1 atom stereocenters. The van der Waals surface area contributed by atoms with Gasteiger partial charge in [0, 0.05) is 0 Å². The third-order valence-corrected chi connectivity index (χ3v) is 1.96. The van der Waals surface area contributed by atoms with Crippen LogP contribution in [-0.2, 0) is 9.59 Å². The molecule has 1 heterocycles. The Bertz CT molecular complexity index is 158. The Morgan fingerprint density at radius 2 is 2.56 bits per heavy atom. The zero-order valence-electron chi connectivity index (χ0n) is 4.42. The van der Waals surface area contributed by atoms with E-state index in [0.29, 0.717) is 0 Å². The number of thioether (sulfide) groups is 1. The Morgan fingerprint density at radius 3 is 2.78 bits per heavy atom. The van der Waals surface area contributed by atoms with Gasteiger partial charge in [-0.05, 0) is 0 Å². The predicted molar refractivity (Wildman–Crippen MR) is 29.4 cm³/mol. The van der Waals surface area contributed by atoms with Crippen LogP contribution in [0, 0.1) is 0 Å². The average molecular weight is 146 g/mol. The van der Waals surface area contributed by atoms with Gasteiger partial charge in [-0.15, -0.1) is 11.8 Å². The number of amides is 1. The summed E-state index contributed by atoms with van der Waals surface area (Å²) in [5.74, 6) is -1.25. The summed E-state index contributed by atoms with van der Waals surface area (Å²) in [6.07, 6.45) is 0. The van der Waals surface area contributed by atoms with Crippen LogP contribution in [0.5, 0.6) is 0 Å². The number of carboxylic acid groups (broad SMARTS) is 1. The van der Waals surface area contributed by atoms with Crippen LogP contribution >= 0.6 is 11.8 Å². The molecular formula is C4H4NO3S-. The molecule has 1 fully saturated rings. The molecule has 9 heavy (non-hydrogen) atoms. The maximum absolute atomic E-state index is 10.3. The summed E-state index contributed by atoms with van der Waals surface area (Å²) in [5, 5.41) is 11.4. The lowest BCUT2D eigenvalue weighted by Crippen LogP contribution is -2.41. The van der Waals surface area contributed by atoms with Crippen molar-refractivity contribution in [2.45, 2.75) is 5.37 Å². The monoisotopic (exact) mass is 146 g/mol. The number of nitrogens with one attached hydrogen (secondary N) is 1.